The molecule has 9 nitrogen and oxygen atoms in total. The van der Waals surface area contributed by atoms with Crippen molar-refractivity contribution in [2.45, 2.75) is 37.6 Å². The van der Waals surface area contributed by atoms with E-state index in [9.17, 15) is 18.3 Å². The second-order valence-corrected chi connectivity index (χ2v) is 10.8. The summed E-state index contributed by atoms with van der Waals surface area (Å²) < 4.78 is 27.8. The van der Waals surface area contributed by atoms with Gasteiger partial charge in [0.05, 0.1) is 11.3 Å². The van der Waals surface area contributed by atoms with Gasteiger partial charge in [0.1, 0.15) is 22.3 Å². The minimum Gasteiger partial charge on any atom is -0.508 e. The molecule has 0 bridgehead atoms. The van der Waals surface area contributed by atoms with Crippen molar-refractivity contribution >= 4 is 27.6 Å². The fourth-order valence-corrected chi connectivity index (χ4v) is 5.53. The fourth-order valence-electron chi connectivity index (χ4n) is 4.48. The van der Waals surface area contributed by atoms with Crippen molar-refractivity contribution in [1.82, 2.24) is 14.7 Å². The molecule has 0 radical (unpaired) electrons. The molecule has 1 aliphatic heterocycles. The van der Waals surface area contributed by atoms with Crippen LogP contribution in [0.3, 0.4) is 0 Å². The van der Waals surface area contributed by atoms with E-state index in [4.69, 9.17) is 10.7 Å². The molecule has 1 saturated heterocycles. The molecule has 1 amide bonds. The van der Waals surface area contributed by atoms with Crippen molar-refractivity contribution in [2.75, 3.05) is 17.2 Å². The lowest BCUT2D eigenvalue weighted by Gasteiger charge is -2.34. The number of phenols is 1. The van der Waals surface area contributed by atoms with Crippen LogP contribution in [0.15, 0.2) is 59.6 Å². The molecule has 1 aromatic carbocycles. The van der Waals surface area contributed by atoms with Crippen LogP contribution in [0.4, 0.5) is 11.6 Å². The third-order valence-electron chi connectivity index (χ3n) is 5.91. The standard InChI is InChI=1S/C24H27N5O4S/c1-15-13-24(2,3)29(14-15)22-18(9-10-19(27-22)16-6-4-7-17(30)12-16)23(31)28-34(32,33)20-8-5-11-26-21(20)25/h4-12,15,30H,13-14H2,1-3H3,(H2,25,26)(H,28,31)/t15-/m0/s1. The highest BCUT2D eigenvalue weighted by molar-refractivity contribution is 7.90. The van der Waals surface area contributed by atoms with Crippen LogP contribution >= 0.6 is 0 Å². The number of nitrogen functional groups attached to an aromatic ring is 1. The molecule has 0 unspecified atom stereocenters. The van der Waals surface area contributed by atoms with Crippen molar-refractivity contribution in [3.8, 4) is 17.0 Å². The molecule has 2 aromatic heterocycles. The summed E-state index contributed by atoms with van der Waals surface area (Å²) in [7, 11) is -4.25. The number of amides is 1. The molecule has 0 saturated carbocycles. The zero-order valence-corrected chi connectivity index (χ0v) is 20.0. The Morgan fingerprint density at radius 1 is 1.21 bits per heavy atom. The lowest BCUT2D eigenvalue weighted by molar-refractivity contribution is 0.0981. The number of carbonyl (C=O) groups is 1. The van der Waals surface area contributed by atoms with Gasteiger partial charge in [0.2, 0.25) is 0 Å². The predicted octanol–water partition coefficient (Wildman–Crippen LogP) is 3.17. The number of hydrogen-bond acceptors (Lipinski definition) is 8. The Morgan fingerprint density at radius 3 is 2.62 bits per heavy atom. The summed E-state index contributed by atoms with van der Waals surface area (Å²) in [4.78, 5) is 23.6. The smallest absolute Gasteiger partial charge is 0.268 e. The van der Waals surface area contributed by atoms with Crippen molar-refractivity contribution in [3.05, 3.63) is 60.3 Å². The lowest BCUT2D eigenvalue weighted by Crippen LogP contribution is -2.41. The Labute approximate surface area is 198 Å². The number of rotatable bonds is 5. The van der Waals surface area contributed by atoms with E-state index in [1.807, 2.05) is 4.90 Å². The van der Waals surface area contributed by atoms with E-state index in [0.717, 1.165) is 6.42 Å². The van der Waals surface area contributed by atoms with E-state index in [2.05, 4.69) is 30.5 Å². The van der Waals surface area contributed by atoms with Crippen molar-refractivity contribution in [2.24, 2.45) is 5.92 Å². The van der Waals surface area contributed by atoms with Gasteiger partial charge in [-0.05, 0) is 62.6 Å². The molecule has 10 heteroatoms. The van der Waals surface area contributed by atoms with Gasteiger partial charge in [0.15, 0.2) is 0 Å². The number of aromatic nitrogens is 2. The van der Waals surface area contributed by atoms with Gasteiger partial charge in [-0.1, -0.05) is 19.1 Å². The number of carbonyl (C=O) groups excluding carboxylic acids is 1. The molecular formula is C24H27N5O4S. The van der Waals surface area contributed by atoms with Gasteiger partial charge in [-0.2, -0.15) is 0 Å². The Bertz CT molecular complexity index is 1360. The Hall–Kier alpha value is -3.66. The lowest BCUT2D eigenvalue weighted by atomic mass is 9.97. The van der Waals surface area contributed by atoms with Gasteiger partial charge in [-0.15, -0.1) is 0 Å². The van der Waals surface area contributed by atoms with Gasteiger partial charge in [0.25, 0.3) is 15.9 Å². The Kier molecular flexibility index (Phi) is 5.94. The fraction of sp³-hybridized carbons (Fsp3) is 0.292. The maximum absolute atomic E-state index is 13.3. The van der Waals surface area contributed by atoms with Crippen LogP contribution in [0.2, 0.25) is 0 Å². The topological polar surface area (TPSA) is 139 Å². The molecule has 1 atom stereocenters. The first-order chi connectivity index (χ1) is 16.0. The van der Waals surface area contributed by atoms with Crippen LogP contribution in [-0.2, 0) is 10.0 Å². The summed E-state index contributed by atoms with van der Waals surface area (Å²) >= 11 is 0. The van der Waals surface area contributed by atoms with Crippen LogP contribution in [0.1, 0.15) is 37.6 Å². The van der Waals surface area contributed by atoms with Gasteiger partial charge in [-0.3, -0.25) is 4.79 Å². The molecule has 178 valence electrons. The third kappa shape index (κ3) is 4.54. The average molecular weight is 482 g/mol. The van der Waals surface area contributed by atoms with Crippen LogP contribution in [0.25, 0.3) is 11.3 Å². The molecular weight excluding hydrogens is 454 g/mol. The van der Waals surface area contributed by atoms with Gasteiger partial charge >= 0.3 is 0 Å². The SMILES string of the molecule is C[C@@H]1CN(c2nc(-c3cccc(O)c3)ccc2C(=O)NS(=O)(=O)c2cccnc2N)C(C)(C)C1. The van der Waals surface area contributed by atoms with Crippen molar-refractivity contribution in [3.63, 3.8) is 0 Å². The number of pyridine rings is 2. The van der Waals surface area contributed by atoms with E-state index in [-0.39, 0.29) is 27.6 Å². The average Bonchev–Trinajstić information content (AvgIpc) is 3.04. The Balaban J connectivity index is 1.79. The maximum Gasteiger partial charge on any atom is 0.268 e. The van der Waals surface area contributed by atoms with Crippen LogP contribution in [-0.4, -0.2) is 41.5 Å². The zero-order chi connectivity index (χ0) is 24.7. The number of hydrogen-bond donors (Lipinski definition) is 3. The van der Waals surface area contributed by atoms with E-state index < -0.39 is 15.9 Å². The number of sulfonamides is 1. The molecule has 0 aliphatic carbocycles. The number of nitrogens with one attached hydrogen (secondary N) is 1. The summed E-state index contributed by atoms with van der Waals surface area (Å²) in [6, 6.07) is 12.6. The highest BCUT2D eigenvalue weighted by atomic mass is 32.2. The molecule has 4 rings (SSSR count). The first-order valence-corrected chi connectivity index (χ1v) is 12.3. The Morgan fingerprint density at radius 2 is 1.97 bits per heavy atom. The number of aromatic hydroxyl groups is 1. The molecule has 0 spiro atoms. The first kappa shape index (κ1) is 23.5. The number of nitrogens with two attached hydrogens (primary N) is 1. The minimum atomic E-state index is -4.25. The van der Waals surface area contributed by atoms with Crippen LogP contribution < -0.4 is 15.4 Å². The number of phenolic OH excluding ortho intramolecular Hbond substituents is 1. The monoisotopic (exact) mass is 481 g/mol. The summed E-state index contributed by atoms with van der Waals surface area (Å²) in [5.74, 6) is -0.186. The molecule has 3 heterocycles. The molecule has 34 heavy (non-hydrogen) atoms. The summed E-state index contributed by atoms with van der Waals surface area (Å²) in [6.07, 6.45) is 2.26. The van der Waals surface area contributed by atoms with Crippen molar-refractivity contribution < 1.29 is 18.3 Å². The molecule has 4 N–H and O–H groups in total. The summed E-state index contributed by atoms with van der Waals surface area (Å²) in [5.41, 5.74) is 6.77. The van der Waals surface area contributed by atoms with Crippen LogP contribution in [0.5, 0.6) is 5.75 Å². The second kappa shape index (κ2) is 8.60. The van der Waals surface area contributed by atoms with Crippen LogP contribution in [0, 0.1) is 5.92 Å². The molecule has 1 fully saturated rings. The highest BCUT2D eigenvalue weighted by Crippen LogP contribution is 2.38. The first-order valence-electron chi connectivity index (χ1n) is 10.8. The second-order valence-electron chi connectivity index (χ2n) is 9.17. The summed E-state index contributed by atoms with van der Waals surface area (Å²) in [5, 5.41) is 9.89. The summed E-state index contributed by atoms with van der Waals surface area (Å²) in [6.45, 7) is 6.91. The van der Waals surface area contributed by atoms with E-state index >= 15 is 0 Å². The number of benzene rings is 1. The van der Waals surface area contributed by atoms with E-state index in [1.165, 1.54) is 18.3 Å². The largest absolute Gasteiger partial charge is 0.508 e. The minimum absolute atomic E-state index is 0.0953. The van der Waals surface area contributed by atoms with Gasteiger partial charge in [0, 0.05) is 23.8 Å². The normalized spacial score (nSPS) is 17.5. The van der Waals surface area contributed by atoms with Crippen molar-refractivity contribution in [1.29, 1.82) is 0 Å². The quantitative estimate of drug-likeness (QED) is 0.505. The van der Waals surface area contributed by atoms with E-state index in [0.29, 0.717) is 29.5 Å². The van der Waals surface area contributed by atoms with E-state index in [1.54, 1.807) is 36.4 Å². The maximum atomic E-state index is 13.3. The predicted molar refractivity (Wildman–Crippen MR) is 130 cm³/mol. The third-order valence-corrected chi connectivity index (χ3v) is 7.28. The molecule has 3 aromatic rings. The zero-order valence-electron chi connectivity index (χ0n) is 19.2. The highest BCUT2D eigenvalue weighted by Gasteiger charge is 2.39. The number of nitrogens with zero attached hydrogens (tertiary/aromatic N) is 3. The molecule has 1 aliphatic rings. The van der Waals surface area contributed by atoms with Gasteiger partial charge in [-0.25, -0.2) is 23.1 Å². The number of anilines is 2. The van der Waals surface area contributed by atoms with Gasteiger partial charge < -0.3 is 15.7 Å².